The first-order valence-corrected chi connectivity index (χ1v) is 8.34. The molecule has 128 valence electrons. The number of amides is 2. The van der Waals surface area contributed by atoms with E-state index in [4.69, 9.17) is 0 Å². The number of hydrazone groups is 1. The normalized spacial score (nSPS) is 13.5. The Bertz CT molecular complexity index is 774. The number of rotatable bonds is 5. The number of benzene rings is 1. The maximum Gasteiger partial charge on any atom is 0.240 e. The molecule has 1 N–H and O–H groups in total. The fourth-order valence-corrected chi connectivity index (χ4v) is 2.84. The lowest BCUT2D eigenvalue weighted by Gasteiger charge is -2.29. The number of para-hydroxylation sites is 1. The zero-order chi connectivity index (χ0) is 17.5. The third-order valence-corrected chi connectivity index (χ3v) is 4.06. The van der Waals surface area contributed by atoms with Gasteiger partial charge < -0.3 is 4.90 Å². The van der Waals surface area contributed by atoms with Crippen molar-refractivity contribution in [3.63, 3.8) is 0 Å². The quantitative estimate of drug-likeness (QED) is 0.672. The van der Waals surface area contributed by atoms with Gasteiger partial charge in [0.05, 0.1) is 6.21 Å². The van der Waals surface area contributed by atoms with Crippen LogP contribution in [0.4, 0.5) is 5.69 Å². The highest BCUT2D eigenvalue weighted by molar-refractivity contribution is 5.96. The van der Waals surface area contributed by atoms with Gasteiger partial charge >= 0.3 is 0 Å². The Hall–Kier alpha value is -3.02. The molecule has 1 aliphatic rings. The van der Waals surface area contributed by atoms with E-state index in [-0.39, 0.29) is 24.7 Å². The first kappa shape index (κ1) is 16.8. The van der Waals surface area contributed by atoms with Crippen LogP contribution < -0.4 is 10.3 Å². The van der Waals surface area contributed by atoms with Gasteiger partial charge in [0.2, 0.25) is 11.8 Å². The molecule has 0 spiro atoms. The standard InChI is InChI=1S/C19H20N4O2/c24-18(22-21-14-15-5-3-11-20-13-15)9-10-19(25)23-12-4-7-16-6-1-2-8-17(16)23/h1-3,5-6,8,11,13-14H,4,7,9-10,12H2,(H,22,24)/b21-14+. The van der Waals surface area contributed by atoms with Crippen molar-refractivity contribution in [3.8, 4) is 0 Å². The average Bonchev–Trinajstić information content (AvgIpc) is 2.66. The minimum absolute atomic E-state index is 0.0291. The largest absolute Gasteiger partial charge is 0.312 e. The Morgan fingerprint density at radius 2 is 2.08 bits per heavy atom. The fraction of sp³-hybridized carbons (Fsp3) is 0.263. The molecule has 0 atom stereocenters. The maximum atomic E-state index is 12.5. The molecule has 2 aromatic rings. The van der Waals surface area contributed by atoms with Gasteiger partial charge in [-0.25, -0.2) is 5.43 Å². The SMILES string of the molecule is O=C(CCC(=O)N1CCCc2ccccc21)N/N=C/c1cccnc1. The van der Waals surface area contributed by atoms with Crippen molar-refractivity contribution < 1.29 is 9.59 Å². The van der Waals surface area contributed by atoms with Crippen LogP contribution in [0.1, 0.15) is 30.4 Å². The zero-order valence-corrected chi connectivity index (χ0v) is 13.9. The molecule has 0 unspecified atom stereocenters. The molecule has 0 bridgehead atoms. The Morgan fingerprint density at radius 1 is 1.20 bits per heavy atom. The van der Waals surface area contributed by atoms with Crippen LogP contribution in [0.25, 0.3) is 0 Å². The van der Waals surface area contributed by atoms with Crippen molar-refractivity contribution in [2.45, 2.75) is 25.7 Å². The molecule has 6 heteroatoms. The maximum absolute atomic E-state index is 12.5. The Labute approximate surface area is 146 Å². The molecule has 2 amide bonds. The average molecular weight is 336 g/mol. The molecule has 3 rings (SSSR count). The second-order valence-electron chi connectivity index (χ2n) is 5.86. The molecule has 0 fully saturated rings. The van der Waals surface area contributed by atoms with E-state index >= 15 is 0 Å². The van der Waals surface area contributed by atoms with Crippen LogP contribution in [0.15, 0.2) is 53.9 Å². The number of fused-ring (bicyclic) bond motifs is 1. The topological polar surface area (TPSA) is 74.7 Å². The molecular formula is C19H20N4O2. The highest BCUT2D eigenvalue weighted by Crippen LogP contribution is 2.27. The van der Waals surface area contributed by atoms with Crippen molar-refractivity contribution in [3.05, 3.63) is 59.9 Å². The number of hydrogen-bond acceptors (Lipinski definition) is 4. The highest BCUT2D eigenvalue weighted by atomic mass is 16.2. The number of aromatic nitrogens is 1. The predicted octanol–water partition coefficient (Wildman–Crippen LogP) is 2.29. The number of carbonyl (C=O) groups is 2. The van der Waals surface area contributed by atoms with Gasteiger partial charge in [0.25, 0.3) is 0 Å². The van der Waals surface area contributed by atoms with E-state index < -0.39 is 0 Å². The van der Waals surface area contributed by atoms with E-state index in [0.29, 0.717) is 6.54 Å². The molecule has 6 nitrogen and oxygen atoms in total. The molecule has 0 saturated heterocycles. The molecular weight excluding hydrogens is 316 g/mol. The summed E-state index contributed by atoms with van der Waals surface area (Å²) in [6.07, 6.45) is 7.05. The van der Waals surface area contributed by atoms with Gasteiger partial charge in [-0.3, -0.25) is 14.6 Å². The lowest BCUT2D eigenvalue weighted by Crippen LogP contribution is -2.36. The summed E-state index contributed by atoms with van der Waals surface area (Å²) in [6.45, 7) is 0.705. The summed E-state index contributed by atoms with van der Waals surface area (Å²) in [4.78, 5) is 30.1. The molecule has 0 saturated carbocycles. The third-order valence-electron chi connectivity index (χ3n) is 4.06. The van der Waals surface area contributed by atoms with Crippen molar-refractivity contribution in [1.29, 1.82) is 0 Å². The fourth-order valence-electron chi connectivity index (χ4n) is 2.84. The third kappa shape index (κ3) is 4.50. The van der Waals surface area contributed by atoms with Gasteiger partial charge in [-0.1, -0.05) is 24.3 Å². The molecule has 0 aliphatic carbocycles. The summed E-state index contributed by atoms with van der Waals surface area (Å²) < 4.78 is 0. The van der Waals surface area contributed by atoms with Crippen LogP contribution in [-0.4, -0.2) is 29.6 Å². The van der Waals surface area contributed by atoms with Crippen molar-refractivity contribution in [2.24, 2.45) is 5.10 Å². The van der Waals surface area contributed by atoms with E-state index in [1.807, 2.05) is 24.3 Å². The first-order chi connectivity index (χ1) is 12.2. The highest BCUT2D eigenvalue weighted by Gasteiger charge is 2.22. The van der Waals surface area contributed by atoms with Gasteiger partial charge in [-0.2, -0.15) is 5.10 Å². The number of pyridine rings is 1. The second-order valence-corrected chi connectivity index (χ2v) is 5.86. The summed E-state index contributed by atoms with van der Waals surface area (Å²) in [7, 11) is 0. The Balaban J connectivity index is 1.49. The van der Waals surface area contributed by atoms with E-state index in [9.17, 15) is 9.59 Å². The van der Waals surface area contributed by atoms with Crippen LogP contribution in [-0.2, 0) is 16.0 Å². The van der Waals surface area contributed by atoms with Crippen LogP contribution in [0.5, 0.6) is 0 Å². The van der Waals surface area contributed by atoms with Gasteiger partial charge in [0.1, 0.15) is 0 Å². The first-order valence-electron chi connectivity index (χ1n) is 8.34. The number of nitrogens with zero attached hydrogens (tertiary/aromatic N) is 3. The van der Waals surface area contributed by atoms with E-state index in [1.54, 1.807) is 23.4 Å². The summed E-state index contributed by atoms with van der Waals surface area (Å²) in [6, 6.07) is 11.6. The van der Waals surface area contributed by atoms with Crippen LogP contribution in [0.3, 0.4) is 0 Å². The van der Waals surface area contributed by atoms with Gasteiger partial charge in [0, 0.05) is 43.0 Å². The van der Waals surface area contributed by atoms with Crippen molar-refractivity contribution >= 4 is 23.7 Å². The summed E-state index contributed by atoms with van der Waals surface area (Å²) in [5, 5.41) is 3.88. The smallest absolute Gasteiger partial charge is 0.240 e. The van der Waals surface area contributed by atoms with Gasteiger partial charge in [0.15, 0.2) is 0 Å². The molecule has 1 aromatic carbocycles. The van der Waals surface area contributed by atoms with Crippen LogP contribution in [0.2, 0.25) is 0 Å². The van der Waals surface area contributed by atoms with E-state index in [2.05, 4.69) is 21.6 Å². The number of anilines is 1. The number of carbonyl (C=O) groups excluding carboxylic acids is 2. The van der Waals surface area contributed by atoms with Gasteiger partial charge in [-0.05, 0) is 30.5 Å². The van der Waals surface area contributed by atoms with Crippen molar-refractivity contribution in [1.82, 2.24) is 10.4 Å². The van der Waals surface area contributed by atoms with E-state index in [1.165, 1.54) is 11.8 Å². The Morgan fingerprint density at radius 3 is 2.92 bits per heavy atom. The van der Waals surface area contributed by atoms with Crippen LogP contribution >= 0.6 is 0 Å². The predicted molar refractivity (Wildman–Crippen MR) is 96.3 cm³/mol. The summed E-state index contributed by atoms with van der Waals surface area (Å²) in [5.74, 6) is -0.308. The van der Waals surface area contributed by atoms with Gasteiger partial charge in [-0.15, -0.1) is 0 Å². The Kier molecular flexibility index (Phi) is 5.51. The summed E-state index contributed by atoms with van der Waals surface area (Å²) >= 11 is 0. The molecule has 25 heavy (non-hydrogen) atoms. The monoisotopic (exact) mass is 336 g/mol. The summed E-state index contributed by atoms with van der Waals surface area (Å²) in [5.41, 5.74) is 5.39. The van der Waals surface area contributed by atoms with E-state index in [0.717, 1.165) is 24.1 Å². The minimum atomic E-state index is -0.279. The zero-order valence-electron chi connectivity index (χ0n) is 13.9. The number of aryl methyl sites for hydroxylation is 1. The van der Waals surface area contributed by atoms with Crippen LogP contribution in [0, 0.1) is 0 Å². The minimum Gasteiger partial charge on any atom is -0.312 e. The molecule has 1 aliphatic heterocycles. The lowest BCUT2D eigenvalue weighted by atomic mass is 10.0. The number of nitrogens with one attached hydrogen (secondary N) is 1. The molecule has 0 radical (unpaired) electrons. The molecule has 2 heterocycles. The number of hydrogen-bond donors (Lipinski definition) is 1. The lowest BCUT2D eigenvalue weighted by molar-refractivity contribution is -0.125. The second kappa shape index (κ2) is 8.19. The molecule has 1 aromatic heterocycles. The van der Waals surface area contributed by atoms with Crippen molar-refractivity contribution in [2.75, 3.05) is 11.4 Å².